The smallest absolute Gasteiger partial charge is 0.408 e. The molecule has 0 saturated heterocycles. The number of aliphatic carboxylic acids is 2. The molecular formula is C24H24N2O6. The topological polar surface area (TPSA) is 118 Å². The highest BCUT2D eigenvalue weighted by atomic mass is 16.5. The largest absolute Gasteiger partial charge is 0.481 e. The van der Waals surface area contributed by atoms with Crippen molar-refractivity contribution in [3.05, 3.63) is 84.6 Å². The molecule has 3 aromatic rings. The van der Waals surface area contributed by atoms with E-state index in [1.54, 1.807) is 12.3 Å². The van der Waals surface area contributed by atoms with Crippen molar-refractivity contribution in [3.63, 3.8) is 0 Å². The summed E-state index contributed by atoms with van der Waals surface area (Å²) in [6.45, 7) is 3.86. The third-order valence-corrected chi connectivity index (χ3v) is 5.08. The summed E-state index contributed by atoms with van der Waals surface area (Å²) < 4.78 is 6.80. The number of carboxylic acids is 2. The molecule has 0 unspecified atom stereocenters. The molecule has 0 aliphatic rings. The van der Waals surface area contributed by atoms with Gasteiger partial charge in [0.15, 0.2) is 0 Å². The number of hydrogen-bond donors (Lipinski definition) is 3. The van der Waals surface area contributed by atoms with E-state index in [-0.39, 0.29) is 6.61 Å². The number of aromatic nitrogens is 1. The zero-order chi connectivity index (χ0) is 23.1. The fourth-order valence-electron chi connectivity index (χ4n) is 3.71. The first kappa shape index (κ1) is 22.6. The van der Waals surface area contributed by atoms with E-state index in [9.17, 15) is 24.6 Å². The van der Waals surface area contributed by atoms with Gasteiger partial charge in [0.2, 0.25) is 0 Å². The number of hydrogen-bond acceptors (Lipinski definition) is 4. The van der Waals surface area contributed by atoms with Crippen molar-refractivity contribution < 1.29 is 29.3 Å². The standard InChI is InChI=1S/C24H24N2O6/c1-2-12-32-24(31)25-22(23(29)30)18(13-21(27)28)19-15-26(14-16-8-4-3-5-9-16)20-11-7-6-10-17(19)20/h2-11,15,18,22H,1,12-14H2,(H,25,31)(H,27,28)(H,29,30)/t18-,22-/m0/s1. The van der Waals surface area contributed by atoms with Gasteiger partial charge in [-0.2, -0.15) is 0 Å². The van der Waals surface area contributed by atoms with Crippen molar-refractivity contribution in [2.45, 2.75) is 24.9 Å². The van der Waals surface area contributed by atoms with Gasteiger partial charge in [0.05, 0.1) is 6.42 Å². The van der Waals surface area contributed by atoms with Gasteiger partial charge in [-0.25, -0.2) is 9.59 Å². The minimum Gasteiger partial charge on any atom is -0.481 e. The summed E-state index contributed by atoms with van der Waals surface area (Å²) in [4.78, 5) is 35.7. The molecule has 1 heterocycles. The van der Waals surface area contributed by atoms with Crippen LogP contribution in [0, 0.1) is 0 Å². The number of alkyl carbamates (subject to hydrolysis) is 1. The Labute approximate surface area is 184 Å². The molecule has 1 amide bonds. The Morgan fingerprint density at radius 3 is 2.41 bits per heavy atom. The molecule has 2 atom stereocenters. The number of ether oxygens (including phenoxy) is 1. The van der Waals surface area contributed by atoms with Gasteiger partial charge in [0.1, 0.15) is 12.6 Å². The number of para-hydroxylation sites is 1. The predicted octanol–water partition coefficient (Wildman–Crippen LogP) is 3.61. The van der Waals surface area contributed by atoms with Gasteiger partial charge in [-0.05, 0) is 17.2 Å². The highest BCUT2D eigenvalue weighted by molar-refractivity contribution is 5.88. The first-order chi connectivity index (χ1) is 15.4. The van der Waals surface area contributed by atoms with Gasteiger partial charge in [0.25, 0.3) is 0 Å². The SMILES string of the molecule is C=CCOC(=O)N[C@H](C(=O)O)[C@@H](CC(=O)O)c1cn(Cc2ccccc2)c2ccccc12. The van der Waals surface area contributed by atoms with Crippen LogP contribution in [0.3, 0.4) is 0 Å². The first-order valence-electron chi connectivity index (χ1n) is 10.0. The van der Waals surface area contributed by atoms with Crippen LogP contribution in [0.5, 0.6) is 0 Å². The Morgan fingerprint density at radius 2 is 1.75 bits per heavy atom. The summed E-state index contributed by atoms with van der Waals surface area (Å²) in [5.41, 5.74) is 2.39. The highest BCUT2D eigenvalue weighted by Crippen LogP contribution is 2.33. The number of carboxylic acid groups (broad SMARTS) is 2. The lowest BCUT2D eigenvalue weighted by Gasteiger charge is -2.23. The summed E-state index contributed by atoms with van der Waals surface area (Å²) in [6.07, 6.45) is 1.66. The number of benzene rings is 2. The second-order valence-electron chi connectivity index (χ2n) is 7.27. The number of amides is 1. The molecule has 3 N–H and O–H groups in total. The quantitative estimate of drug-likeness (QED) is 0.418. The molecule has 3 rings (SSSR count). The average molecular weight is 436 g/mol. The molecule has 0 spiro atoms. The Kier molecular flexibility index (Phi) is 7.28. The molecule has 0 fully saturated rings. The monoisotopic (exact) mass is 436 g/mol. The first-order valence-corrected chi connectivity index (χ1v) is 10.0. The normalized spacial score (nSPS) is 12.6. The molecule has 0 aliphatic carbocycles. The summed E-state index contributed by atoms with van der Waals surface area (Å²) in [5, 5.41) is 22.3. The van der Waals surface area contributed by atoms with Crippen LogP contribution in [0.1, 0.15) is 23.5 Å². The van der Waals surface area contributed by atoms with Gasteiger partial charge in [-0.3, -0.25) is 4.79 Å². The number of carbonyl (C=O) groups is 3. The lowest BCUT2D eigenvalue weighted by Crippen LogP contribution is -2.45. The van der Waals surface area contributed by atoms with E-state index in [1.165, 1.54) is 6.08 Å². The van der Waals surface area contributed by atoms with E-state index in [0.717, 1.165) is 16.5 Å². The second-order valence-corrected chi connectivity index (χ2v) is 7.27. The maximum Gasteiger partial charge on any atom is 0.408 e. The number of nitrogens with one attached hydrogen (secondary N) is 1. The zero-order valence-corrected chi connectivity index (χ0v) is 17.3. The average Bonchev–Trinajstić information content (AvgIpc) is 3.13. The van der Waals surface area contributed by atoms with E-state index in [2.05, 4.69) is 11.9 Å². The van der Waals surface area contributed by atoms with Crippen molar-refractivity contribution in [3.8, 4) is 0 Å². The van der Waals surface area contributed by atoms with Crippen molar-refractivity contribution >= 4 is 28.9 Å². The van der Waals surface area contributed by atoms with Crippen LogP contribution in [-0.2, 0) is 20.9 Å². The van der Waals surface area contributed by atoms with E-state index in [0.29, 0.717) is 12.1 Å². The summed E-state index contributed by atoms with van der Waals surface area (Å²) >= 11 is 0. The van der Waals surface area contributed by atoms with Crippen molar-refractivity contribution in [2.75, 3.05) is 6.61 Å². The van der Waals surface area contributed by atoms with E-state index < -0.39 is 36.4 Å². The van der Waals surface area contributed by atoms with Gasteiger partial charge in [0, 0.05) is 29.6 Å². The van der Waals surface area contributed by atoms with Crippen LogP contribution in [-0.4, -0.2) is 45.5 Å². The molecule has 8 heteroatoms. The van der Waals surface area contributed by atoms with Crippen molar-refractivity contribution in [1.29, 1.82) is 0 Å². The summed E-state index contributed by atoms with van der Waals surface area (Å²) in [5.74, 6) is -3.56. The lowest BCUT2D eigenvalue weighted by molar-refractivity contribution is -0.141. The Bertz CT molecular complexity index is 1120. The van der Waals surface area contributed by atoms with Crippen LogP contribution in [0.4, 0.5) is 4.79 Å². The summed E-state index contributed by atoms with van der Waals surface area (Å²) in [6, 6.07) is 15.6. The predicted molar refractivity (Wildman–Crippen MR) is 119 cm³/mol. The van der Waals surface area contributed by atoms with Crippen molar-refractivity contribution in [1.82, 2.24) is 9.88 Å². The Balaban J connectivity index is 2.05. The number of fused-ring (bicyclic) bond motifs is 1. The molecule has 166 valence electrons. The maximum atomic E-state index is 12.1. The second kappa shape index (κ2) is 10.3. The highest BCUT2D eigenvalue weighted by Gasteiger charge is 2.35. The number of carbonyl (C=O) groups excluding carboxylic acids is 1. The van der Waals surface area contributed by atoms with Crippen LogP contribution in [0.25, 0.3) is 10.9 Å². The molecule has 0 aliphatic heterocycles. The Morgan fingerprint density at radius 1 is 1.06 bits per heavy atom. The third-order valence-electron chi connectivity index (χ3n) is 5.08. The van der Waals surface area contributed by atoms with Gasteiger partial charge >= 0.3 is 18.0 Å². The summed E-state index contributed by atoms with van der Waals surface area (Å²) in [7, 11) is 0. The molecule has 0 saturated carbocycles. The maximum absolute atomic E-state index is 12.1. The fourth-order valence-corrected chi connectivity index (χ4v) is 3.71. The molecule has 2 aromatic carbocycles. The van der Waals surface area contributed by atoms with Crippen LogP contribution in [0.2, 0.25) is 0 Å². The minimum absolute atomic E-state index is 0.0991. The van der Waals surface area contributed by atoms with Crippen molar-refractivity contribution in [2.24, 2.45) is 0 Å². The number of rotatable bonds is 10. The van der Waals surface area contributed by atoms with E-state index in [1.807, 2.05) is 53.1 Å². The molecular weight excluding hydrogens is 412 g/mol. The molecule has 0 radical (unpaired) electrons. The van der Waals surface area contributed by atoms with Crippen LogP contribution < -0.4 is 5.32 Å². The van der Waals surface area contributed by atoms with Gasteiger partial charge in [-0.15, -0.1) is 0 Å². The van der Waals surface area contributed by atoms with E-state index in [4.69, 9.17) is 4.74 Å². The molecule has 8 nitrogen and oxygen atoms in total. The third kappa shape index (κ3) is 5.34. The van der Waals surface area contributed by atoms with Gasteiger partial charge in [-0.1, -0.05) is 61.2 Å². The lowest BCUT2D eigenvalue weighted by atomic mass is 9.88. The minimum atomic E-state index is -1.50. The molecule has 0 bridgehead atoms. The number of nitrogens with zero attached hydrogens (tertiary/aromatic N) is 1. The molecule has 32 heavy (non-hydrogen) atoms. The fraction of sp³-hybridized carbons (Fsp3) is 0.208. The van der Waals surface area contributed by atoms with Crippen LogP contribution in [0.15, 0.2) is 73.4 Å². The van der Waals surface area contributed by atoms with E-state index >= 15 is 0 Å². The van der Waals surface area contributed by atoms with Gasteiger partial charge < -0.3 is 24.8 Å². The zero-order valence-electron chi connectivity index (χ0n) is 17.3. The van der Waals surface area contributed by atoms with Crippen LogP contribution >= 0.6 is 0 Å². The Hall–Kier alpha value is -4.07. The molecule has 1 aromatic heterocycles.